The molecule has 2 aromatic rings. The van der Waals surface area contributed by atoms with E-state index in [1.54, 1.807) is 55.6 Å². The van der Waals surface area contributed by atoms with Crippen molar-refractivity contribution in [3.63, 3.8) is 0 Å². The minimum Gasteiger partial charge on any atom is -0.497 e. The van der Waals surface area contributed by atoms with Gasteiger partial charge in [0.2, 0.25) is 5.91 Å². The fourth-order valence-electron chi connectivity index (χ4n) is 3.43. The maximum absolute atomic E-state index is 13.1. The van der Waals surface area contributed by atoms with Gasteiger partial charge in [-0.15, -0.1) is 11.8 Å². The van der Waals surface area contributed by atoms with Gasteiger partial charge < -0.3 is 9.47 Å². The smallest absolute Gasteiger partial charge is 0.355 e. The molecule has 2 heterocycles. The standard InChI is InChI=1S/C21H17ClN4O4S/c1-29-15-8-2-12(3-9-15)10-30-21(28)18-16(13-4-6-14(22)7-5-13)11-31-20-17(24-25-23)19(27)26(18)20/h2-9,17,20H,10-11H2,1H3/t17-,20-/m0/s1. The third-order valence-corrected chi connectivity index (χ3v) is 6.55. The topological polar surface area (TPSA) is 105 Å². The van der Waals surface area contributed by atoms with Crippen molar-refractivity contribution in [2.24, 2.45) is 5.11 Å². The molecule has 0 unspecified atom stereocenters. The van der Waals surface area contributed by atoms with E-state index in [0.717, 1.165) is 11.1 Å². The maximum atomic E-state index is 13.1. The van der Waals surface area contributed by atoms with Crippen LogP contribution in [0.4, 0.5) is 0 Å². The quantitative estimate of drug-likeness (QED) is 0.210. The Morgan fingerprint density at radius 3 is 2.61 bits per heavy atom. The van der Waals surface area contributed by atoms with E-state index in [1.165, 1.54) is 16.7 Å². The molecule has 2 aliphatic rings. The lowest BCUT2D eigenvalue weighted by atomic mass is 9.99. The molecule has 0 radical (unpaired) electrons. The van der Waals surface area contributed by atoms with Gasteiger partial charge in [0.15, 0.2) is 0 Å². The number of ether oxygens (including phenoxy) is 2. The van der Waals surface area contributed by atoms with E-state index in [2.05, 4.69) is 10.0 Å². The van der Waals surface area contributed by atoms with Gasteiger partial charge in [-0.25, -0.2) is 4.79 Å². The van der Waals surface area contributed by atoms with Gasteiger partial charge in [0.05, 0.1) is 7.11 Å². The van der Waals surface area contributed by atoms with E-state index in [-0.39, 0.29) is 12.3 Å². The zero-order chi connectivity index (χ0) is 22.0. The molecule has 0 spiro atoms. The normalized spacial score (nSPS) is 19.8. The number of β-lactam (4-membered cyclic amide) rings is 1. The summed E-state index contributed by atoms with van der Waals surface area (Å²) in [5.41, 5.74) is 11.1. The molecule has 1 saturated heterocycles. The van der Waals surface area contributed by atoms with Crippen molar-refractivity contribution in [3.8, 4) is 5.75 Å². The van der Waals surface area contributed by atoms with Crippen LogP contribution >= 0.6 is 23.4 Å². The third-order valence-electron chi connectivity index (χ3n) is 5.03. The largest absolute Gasteiger partial charge is 0.497 e. The Balaban J connectivity index is 1.63. The molecule has 158 valence electrons. The van der Waals surface area contributed by atoms with Crippen LogP contribution in [0.2, 0.25) is 5.02 Å². The first-order valence-electron chi connectivity index (χ1n) is 9.31. The van der Waals surface area contributed by atoms with Crippen molar-refractivity contribution in [2.75, 3.05) is 12.9 Å². The van der Waals surface area contributed by atoms with Crippen molar-refractivity contribution in [1.29, 1.82) is 0 Å². The van der Waals surface area contributed by atoms with E-state index in [4.69, 9.17) is 26.6 Å². The summed E-state index contributed by atoms with van der Waals surface area (Å²) in [5.74, 6) is 0.127. The number of azide groups is 1. The number of thioether (sulfide) groups is 1. The second kappa shape index (κ2) is 8.93. The zero-order valence-corrected chi connectivity index (χ0v) is 18.0. The number of hydrogen-bond acceptors (Lipinski definition) is 6. The van der Waals surface area contributed by atoms with E-state index < -0.39 is 23.3 Å². The first kappa shape index (κ1) is 21.1. The van der Waals surface area contributed by atoms with Crippen LogP contribution in [0.25, 0.3) is 16.0 Å². The Kier molecular flexibility index (Phi) is 6.08. The van der Waals surface area contributed by atoms with E-state index in [1.807, 2.05) is 0 Å². The number of carbonyl (C=O) groups excluding carboxylic acids is 2. The van der Waals surface area contributed by atoms with Crippen LogP contribution in [0.3, 0.4) is 0 Å². The fourth-order valence-corrected chi connectivity index (χ4v) is 4.91. The summed E-state index contributed by atoms with van der Waals surface area (Å²) in [6.07, 6.45) is 0. The molecule has 10 heteroatoms. The molecule has 1 amide bonds. The highest BCUT2D eigenvalue weighted by Crippen LogP contribution is 2.44. The van der Waals surface area contributed by atoms with Crippen LogP contribution in [0.1, 0.15) is 11.1 Å². The first-order chi connectivity index (χ1) is 15.0. The summed E-state index contributed by atoms with van der Waals surface area (Å²) in [6, 6.07) is 13.4. The van der Waals surface area contributed by atoms with Gasteiger partial charge in [-0.3, -0.25) is 9.69 Å². The van der Waals surface area contributed by atoms with Crippen LogP contribution in [-0.4, -0.2) is 41.1 Å². The number of benzene rings is 2. The second-order valence-electron chi connectivity index (χ2n) is 6.82. The van der Waals surface area contributed by atoms with Crippen molar-refractivity contribution >= 4 is 40.8 Å². The van der Waals surface area contributed by atoms with E-state index in [9.17, 15) is 9.59 Å². The van der Waals surface area contributed by atoms with E-state index in [0.29, 0.717) is 22.1 Å². The van der Waals surface area contributed by atoms with Gasteiger partial charge in [0.25, 0.3) is 0 Å². The molecule has 0 N–H and O–H groups in total. The molecule has 0 bridgehead atoms. The molecule has 0 aliphatic carbocycles. The average molecular weight is 457 g/mol. The minimum atomic E-state index is -0.828. The Morgan fingerprint density at radius 1 is 1.26 bits per heavy atom. The van der Waals surface area contributed by atoms with Crippen LogP contribution in [-0.2, 0) is 20.9 Å². The summed E-state index contributed by atoms with van der Waals surface area (Å²) >= 11 is 7.44. The van der Waals surface area contributed by atoms with Gasteiger partial charge in [0.1, 0.15) is 29.5 Å². The zero-order valence-electron chi connectivity index (χ0n) is 16.4. The van der Waals surface area contributed by atoms with Crippen LogP contribution in [0.15, 0.2) is 59.3 Å². The highest BCUT2D eigenvalue weighted by molar-refractivity contribution is 8.00. The molecular weight excluding hydrogens is 440 g/mol. The van der Waals surface area contributed by atoms with Crippen molar-refractivity contribution < 1.29 is 19.1 Å². The summed E-state index contributed by atoms with van der Waals surface area (Å²) in [4.78, 5) is 29.9. The summed E-state index contributed by atoms with van der Waals surface area (Å²) in [5, 5.41) is 3.71. The van der Waals surface area contributed by atoms with Gasteiger partial charge >= 0.3 is 5.97 Å². The van der Waals surface area contributed by atoms with Crippen LogP contribution < -0.4 is 4.74 Å². The number of methoxy groups -OCH3 is 1. The maximum Gasteiger partial charge on any atom is 0.355 e. The number of amides is 1. The van der Waals surface area contributed by atoms with Crippen molar-refractivity contribution in [3.05, 3.63) is 80.8 Å². The number of rotatable bonds is 6. The highest BCUT2D eigenvalue weighted by Gasteiger charge is 2.53. The lowest BCUT2D eigenvalue weighted by Crippen LogP contribution is -2.63. The van der Waals surface area contributed by atoms with Gasteiger partial charge in [-0.2, -0.15) is 0 Å². The van der Waals surface area contributed by atoms with Crippen LogP contribution in [0.5, 0.6) is 5.75 Å². The molecule has 31 heavy (non-hydrogen) atoms. The number of fused-ring (bicyclic) bond motifs is 1. The minimum absolute atomic E-state index is 0.0415. The number of carbonyl (C=O) groups is 2. The summed E-state index contributed by atoms with van der Waals surface area (Å²) in [7, 11) is 1.57. The molecule has 0 aromatic heterocycles. The van der Waals surface area contributed by atoms with Gasteiger partial charge in [0, 0.05) is 21.3 Å². The average Bonchev–Trinajstić information content (AvgIpc) is 2.80. The van der Waals surface area contributed by atoms with E-state index >= 15 is 0 Å². The number of hydrogen-bond donors (Lipinski definition) is 0. The van der Waals surface area contributed by atoms with Crippen molar-refractivity contribution in [2.45, 2.75) is 18.0 Å². The lowest BCUT2D eigenvalue weighted by molar-refractivity contribution is -0.151. The molecule has 0 saturated carbocycles. The summed E-state index contributed by atoms with van der Waals surface area (Å²) in [6.45, 7) is 0.0415. The van der Waals surface area contributed by atoms with Crippen molar-refractivity contribution in [1.82, 2.24) is 4.90 Å². The fraction of sp³-hybridized carbons (Fsp3) is 0.238. The Bertz CT molecular complexity index is 1100. The third kappa shape index (κ3) is 4.07. The predicted octanol–water partition coefficient (Wildman–Crippen LogP) is 4.40. The molecule has 8 nitrogen and oxygen atoms in total. The first-order valence-corrected chi connectivity index (χ1v) is 10.7. The second-order valence-corrected chi connectivity index (χ2v) is 8.36. The Morgan fingerprint density at radius 2 is 1.97 bits per heavy atom. The molecule has 4 rings (SSSR count). The lowest BCUT2D eigenvalue weighted by Gasteiger charge is -2.48. The SMILES string of the molecule is COc1ccc(COC(=O)C2=C(c3ccc(Cl)cc3)CS[C@H]3[C@@H](N=[N+]=[N-])C(=O)N23)cc1. The molecular formula is C21H17ClN4O4S. The molecule has 2 aromatic carbocycles. The number of halogens is 1. The Hall–Kier alpha value is -3.13. The molecule has 2 atom stereocenters. The monoisotopic (exact) mass is 456 g/mol. The highest BCUT2D eigenvalue weighted by atomic mass is 35.5. The van der Waals surface area contributed by atoms with Crippen LogP contribution in [0, 0.1) is 0 Å². The molecule has 2 aliphatic heterocycles. The van der Waals surface area contributed by atoms with Gasteiger partial charge in [-0.1, -0.05) is 41.0 Å². The van der Waals surface area contributed by atoms with Gasteiger partial charge in [-0.05, 0) is 40.9 Å². The Labute approximate surface area is 187 Å². The predicted molar refractivity (Wildman–Crippen MR) is 117 cm³/mol. The number of nitrogens with zero attached hydrogens (tertiary/aromatic N) is 4. The summed E-state index contributed by atoms with van der Waals surface area (Å²) < 4.78 is 10.7. The molecule has 1 fully saturated rings. The number of esters is 1.